The van der Waals surface area contributed by atoms with Gasteiger partial charge in [0.1, 0.15) is 5.69 Å². The fourth-order valence-corrected chi connectivity index (χ4v) is 3.18. The van der Waals surface area contributed by atoms with Crippen LogP contribution in [-0.4, -0.2) is 45.1 Å². The zero-order valence-electron chi connectivity index (χ0n) is 14.5. The van der Waals surface area contributed by atoms with Crippen LogP contribution in [0.4, 0.5) is 0 Å². The first-order valence-corrected chi connectivity index (χ1v) is 9.12. The molecule has 138 valence electrons. The molecule has 0 radical (unpaired) electrons. The van der Waals surface area contributed by atoms with E-state index in [1.165, 1.54) is 0 Å². The number of hydrogen-bond acceptors (Lipinski definition) is 5. The average Bonchev–Trinajstić information content (AvgIpc) is 3.37. The molecule has 0 spiro atoms. The third-order valence-corrected chi connectivity index (χ3v) is 4.66. The minimum absolute atomic E-state index is 0.0575. The zero-order chi connectivity index (χ0) is 18.6. The lowest BCUT2D eigenvalue weighted by Gasteiger charge is -2.11. The second kappa shape index (κ2) is 7.85. The molecule has 1 aliphatic rings. The average molecular weight is 384 g/mol. The van der Waals surface area contributed by atoms with Crippen LogP contribution in [0.5, 0.6) is 0 Å². The van der Waals surface area contributed by atoms with Crippen LogP contribution in [-0.2, 0) is 4.74 Å². The maximum Gasteiger partial charge on any atom is 0.274 e. The molecule has 8 heteroatoms. The third kappa shape index (κ3) is 3.84. The topological polar surface area (TPSA) is 81.9 Å². The standard InChI is InChI=1S/C19H18ClN5O2/c20-14-5-7-15(8-6-14)25-18(13-3-1-9-21-11-13)17(23-24-25)19(26)22-12-16-4-2-10-27-16/h1,3,5-9,11,16H,2,4,10,12H2,(H,22,26)/t16-/m1/s1. The van der Waals surface area contributed by atoms with Crippen molar-refractivity contribution >= 4 is 17.5 Å². The van der Waals surface area contributed by atoms with Crippen LogP contribution in [0.25, 0.3) is 16.9 Å². The monoisotopic (exact) mass is 383 g/mol. The summed E-state index contributed by atoms with van der Waals surface area (Å²) in [4.78, 5) is 16.9. The first-order valence-electron chi connectivity index (χ1n) is 8.74. The lowest BCUT2D eigenvalue weighted by atomic mass is 10.1. The van der Waals surface area contributed by atoms with Crippen LogP contribution < -0.4 is 5.32 Å². The fourth-order valence-electron chi connectivity index (χ4n) is 3.06. The second-order valence-corrected chi connectivity index (χ2v) is 6.70. The van der Waals surface area contributed by atoms with Crippen molar-refractivity contribution in [3.8, 4) is 16.9 Å². The predicted molar refractivity (Wildman–Crippen MR) is 101 cm³/mol. The highest BCUT2D eigenvalue weighted by Gasteiger charge is 2.24. The van der Waals surface area contributed by atoms with Crippen LogP contribution in [0, 0.1) is 0 Å². The number of ether oxygens (including phenoxy) is 1. The van der Waals surface area contributed by atoms with Crippen molar-refractivity contribution in [3.63, 3.8) is 0 Å². The number of benzene rings is 1. The Balaban J connectivity index is 1.68. The number of amides is 1. The maximum absolute atomic E-state index is 12.8. The van der Waals surface area contributed by atoms with Gasteiger partial charge in [-0.2, -0.15) is 0 Å². The van der Waals surface area contributed by atoms with E-state index < -0.39 is 0 Å². The molecule has 7 nitrogen and oxygen atoms in total. The number of aromatic nitrogens is 4. The first kappa shape index (κ1) is 17.6. The third-order valence-electron chi connectivity index (χ3n) is 4.41. The Morgan fingerprint density at radius 1 is 1.30 bits per heavy atom. The van der Waals surface area contributed by atoms with E-state index in [1.807, 2.05) is 24.3 Å². The highest BCUT2D eigenvalue weighted by molar-refractivity contribution is 6.30. The molecule has 3 heterocycles. The van der Waals surface area contributed by atoms with E-state index in [4.69, 9.17) is 16.3 Å². The Morgan fingerprint density at radius 2 is 2.15 bits per heavy atom. The normalized spacial score (nSPS) is 16.4. The van der Waals surface area contributed by atoms with E-state index in [2.05, 4.69) is 20.6 Å². The first-order chi connectivity index (χ1) is 13.2. The second-order valence-electron chi connectivity index (χ2n) is 6.26. The zero-order valence-corrected chi connectivity index (χ0v) is 15.3. The molecule has 1 amide bonds. The number of nitrogens with zero attached hydrogens (tertiary/aromatic N) is 4. The van der Waals surface area contributed by atoms with E-state index in [9.17, 15) is 4.79 Å². The fraction of sp³-hybridized carbons (Fsp3) is 0.263. The number of rotatable bonds is 5. The molecular weight excluding hydrogens is 366 g/mol. The van der Waals surface area contributed by atoms with Crippen molar-refractivity contribution in [1.82, 2.24) is 25.3 Å². The number of pyridine rings is 1. The molecule has 1 saturated heterocycles. The van der Waals surface area contributed by atoms with Crippen LogP contribution >= 0.6 is 11.6 Å². The lowest BCUT2D eigenvalue weighted by molar-refractivity contribution is 0.0854. The summed E-state index contributed by atoms with van der Waals surface area (Å²) in [5, 5.41) is 11.9. The summed E-state index contributed by atoms with van der Waals surface area (Å²) in [5.41, 5.74) is 2.33. The van der Waals surface area contributed by atoms with Gasteiger partial charge in [-0.15, -0.1) is 5.10 Å². The van der Waals surface area contributed by atoms with Gasteiger partial charge < -0.3 is 10.1 Å². The Morgan fingerprint density at radius 3 is 2.85 bits per heavy atom. The van der Waals surface area contributed by atoms with Crippen LogP contribution in [0.3, 0.4) is 0 Å². The number of carbonyl (C=O) groups is 1. The Kier molecular flexibility index (Phi) is 5.13. The summed E-state index contributed by atoms with van der Waals surface area (Å²) in [6.45, 7) is 1.20. The van der Waals surface area contributed by atoms with Crippen molar-refractivity contribution in [2.24, 2.45) is 0 Å². The van der Waals surface area contributed by atoms with Crippen LogP contribution in [0.15, 0.2) is 48.8 Å². The van der Waals surface area contributed by atoms with Gasteiger partial charge in [-0.1, -0.05) is 16.8 Å². The molecule has 3 aromatic rings. The highest BCUT2D eigenvalue weighted by atomic mass is 35.5. The molecule has 0 aliphatic carbocycles. The summed E-state index contributed by atoms with van der Waals surface area (Å²) in [6.07, 6.45) is 5.39. The molecule has 1 atom stereocenters. The van der Waals surface area contributed by atoms with Gasteiger partial charge in [-0.05, 0) is 49.2 Å². The quantitative estimate of drug-likeness (QED) is 0.732. The Bertz CT molecular complexity index is 921. The number of nitrogens with one attached hydrogen (secondary N) is 1. The van der Waals surface area contributed by atoms with Crippen LogP contribution in [0.1, 0.15) is 23.3 Å². The van der Waals surface area contributed by atoms with Crippen molar-refractivity contribution in [2.75, 3.05) is 13.2 Å². The van der Waals surface area contributed by atoms with Gasteiger partial charge in [0, 0.05) is 36.1 Å². The van der Waals surface area contributed by atoms with E-state index in [1.54, 1.807) is 29.2 Å². The van der Waals surface area contributed by atoms with Crippen molar-refractivity contribution in [2.45, 2.75) is 18.9 Å². The van der Waals surface area contributed by atoms with Gasteiger partial charge in [0.2, 0.25) is 0 Å². The summed E-state index contributed by atoms with van der Waals surface area (Å²) in [5.74, 6) is -0.287. The molecular formula is C19H18ClN5O2. The number of hydrogen-bond donors (Lipinski definition) is 1. The molecule has 1 N–H and O–H groups in total. The highest BCUT2D eigenvalue weighted by Crippen LogP contribution is 2.25. The molecule has 0 unspecified atom stereocenters. The molecule has 1 aromatic carbocycles. The van der Waals surface area contributed by atoms with Crippen molar-refractivity contribution in [3.05, 3.63) is 59.5 Å². The molecule has 1 fully saturated rings. The van der Waals surface area contributed by atoms with E-state index in [0.717, 1.165) is 30.7 Å². The van der Waals surface area contributed by atoms with Gasteiger partial charge in [0.05, 0.1) is 11.8 Å². The van der Waals surface area contributed by atoms with Gasteiger partial charge in [0.25, 0.3) is 5.91 Å². The summed E-state index contributed by atoms with van der Waals surface area (Å²) in [6, 6.07) is 10.9. The summed E-state index contributed by atoms with van der Waals surface area (Å²) < 4.78 is 7.18. The molecule has 4 rings (SSSR count). The lowest BCUT2D eigenvalue weighted by Crippen LogP contribution is -2.32. The molecule has 0 saturated carbocycles. The SMILES string of the molecule is O=C(NC[C@H]1CCCO1)c1nnn(-c2ccc(Cl)cc2)c1-c1cccnc1. The molecule has 27 heavy (non-hydrogen) atoms. The molecule has 0 bridgehead atoms. The van der Waals surface area contributed by atoms with Crippen LogP contribution in [0.2, 0.25) is 5.02 Å². The molecule has 1 aliphatic heterocycles. The Hall–Kier alpha value is -2.77. The van der Waals surface area contributed by atoms with Gasteiger partial charge in [-0.3, -0.25) is 9.78 Å². The van der Waals surface area contributed by atoms with Crippen molar-refractivity contribution < 1.29 is 9.53 Å². The van der Waals surface area contributed by atoms with Gasteiger partial charge in [-0.25, -0.2) is 4.68 Å². The minimum atomic E-state index is -0.287. The Labute approximate surface area is 161 Å². The van der Waals surface area contributed by atoms with Crippen molar-refractivity contribution in [1.29, 1.82) is 0 Å². The minimum Gasteiger partial charge on any atom is -0.376 e. The van der Waals surface area contributed by atoms with E-state index in [-0.39, 0.29) is 17.7 Å². The van der Waals surface area contributed by atoms with E-state index in [0.29, 0.717) is 17.3 Å². The predicted octanol–water partition coefficient (Wildman–Crippen LogP) is 2.89. The molecule has 2 aromatic heterocycles. The van der Waals surface area contributed by atoms with E-state index >= 15 is 0 Å². The smallest absolute Gasteiger partial charge is 0.274 e. The summed E-state index contributed by atoms with van der Waals surface area (Å²) in [7, 11) is 0. The van der Waals surface area contributed by atoms with Gasteiger partial charge >= 0.3 is 0 Å². The summed E-state index contributed by atoms with van der Waals surface area (Å²) >= 11 is 5.98. The number of carbonyl (C=O) groups excluding carboxylic acids is 1. The maximum atomic E-state index is 12.8. The van der Waals surface area contributed by atoms with Gasteiger partial charge in [0.15, 0.2) is 5.69 Å². The number of halogens is 1. The largest absolute Gasteiger partial charge is 0.376 e.